The van der Waals surface area contributed by atoms with Crippen LogP contribution in [-0.2, 0) is 14.3 Å². The van der Waals surface area contributed by atoms with E-state index in [0.29, 0.717) is 6.61 Å². The van der Waals surface area contributed by atoms with Gasteiger partial charge < -0.3 is 10.1 Å². The molecule has 0 radical (unpaired) electrons. The lowest BCUT2D eigenvalue weighted by Crippen LogP contribution is -2.46. The summed E-state index contributed by atoms with van der Waals surface area (Å²) in [6.07, 6.45) is 2.22. The van der Waals surface area contributed by atoms with E-state index in [1.807, 2.05) is 13.8 Å². The molecule has 5 heteroatoms. The molecule has 0 aromatic heterocycles. The summed E-state index contributed by atoms with van der Waals surface area (Å²) in [7, 11) is 1.65. The molecule has 18 heavy (non-hydrogen) atoms. The number of methoxy groups -OCH3 is 1. The molecule has 0 saturated carbocycles. The number of rotatable bonds is 7. The molecule has 1 rings (SSSR count). The van der Waals surface area contributed by atoms with Crippen LogP contribution in [0.4, 0.5) is 0 Å². The van der Waals surface area contributed by atoms with E-state index in [9.17, 15) is 9.59 Å². The zero-order valence-electron chi connectivity index (χ0n) is 11.7. The number of likely N-dealkylation sites (tertiary alicyclic amines) is 1. The molecule has 2 unspecified atom stereocenters. The van der Waals surface area contributed by atoms with Gasteiger partial charge in [-0.3, -0.25) is 14.5 Å². The lowest BCUT2D eigenvalue weighted by Gasteiger charge is -2.22. The first kappa shape index (κ1) is 15.1. The second-order valence-corrected chi connectivity index (χ2v) is 5.06. The van der Waals surface area contributed by atoms with Gasteiger partial charge in [0.1, 0.15) is 0 Å². The topological polar surface area (TPSA) is 58.6 Å². The maximum absolute atomic E-state index is 12.1. The number of hydrogen-bond donors (Lipinski definition) is 1. The average Bonchev–Trinajstić information content (AvgIpc) is 2.54. The van der Waals surface area contributed by atoms with Crippen LogP contribution in [0.5, 0.6) is 0 Å². The van der Waals surface area contributed by atoms with Gasteiger partial charge in [-0.25, -0.2) is 0 Å². The zero-order chi connectivity index (χ0) is 13.7. The lowest BCUT2D eigenvalue weighted by atomic mass is 10.1. The van der Waals surface area contributed by atoms with Crippen LogP contribution in [0.25, 0.3) is 0 Å². The Morgan fingerprint density at radius 1 is 1.44 bits per heavy atom. The summed E-state index contributed by atoms with van der Waals surface area (Å²) in [5, 5.41) is 3.25. The molecular weight excluding hydrogens is 232 g/mol. The van der Waals surface area contributed by atoms with E-state index in [-0.39, 0.29) is 36.4 Å². The normalized spacial score (nSPS) is 22.1. The third-order valence-corrected chi connectivity index (χ3v) is 3.14. The Kier molecular flexibility index (Phi) is 5.75. The summed E-state index contributed by atoms with van der Waals surface area (Å²) in [4.78, 5) is 25.2. The largest absolute Gasteiger partial charge is 0.383 e. The number of amides is 2. The number of ether oxygens (including phenoxy) is 1. The van der Waals surface area contributed by atoms with E-state index < -0.39 is 0 Å². The van der Waals surface area contributed by atoms with E-state index in [2.05, 4.69) is 12.2 Å². The average molecular weight is 256 g/mol. The van der Waals surface area contributed by atoms with Gasteiger partial charge in [0.2, 0.25) is 11.8 Å². The highest BCUT2D eigenvalue weighted by Crippen LogP contribution is 2.17. The second kappa shape index (κ2) is 6.85. The summed E-state index contributed by atoms with van der Waals surface area (Å²) >= 11 is 0. The van der Waals surface area contributed by atoms with Gasteiger partial charge in [-0.2, -0.15) is 0 Å². The van der Waals surface area contributed by atoms with E-state index in [1.165, 1.54) is 4.90 Å². The minimum absolute atomic E-state index is 0.0659. The molecule has 0 spiro atoms. The molecule has 1 fully saturated rings. The summed E-state index contributed by atoms with van der Waals surface area (Å²) in [5.41, 5.74) is 0. The molecule has 0 aliphatic carbocycles. The van der Waals surface area contributed by atoms with E-state index in [1.54, 1.807) is 7.11 Å². The maximum Gasteiger partial charge on any atom is 0.247 e. The zero-order valence-corrected chi connectivity index (χ0v) is 11.7. The van der Waals surface area contributed by atoms with Crippen LogP contribution in [0.3, 0.4) is 0 Å². The maximum atomic E-state index is 12.1. The second-order valence-electron chi connectivity index (χ2n) is 5.06. The number of imide groups is 1. The number of hydrogen-bond acceptors (Lipinski definition) is 4. The molecular formula is C13H24N2O3. The predicted octanol–water partition coefficient (Wildman–Crippen LogP) is 0.927. The highest BCUT2D eigenvalue weighted by molar-refractivity contribution is 6.05. The molecule has 0 aromatic carbocycles. The highest BCUT2D eigenvalue weighted by atomic mass is 16.5. The molecule has 0 bridgehead atoms. The fourth-order valence-corrected chi connectivity index (χ4v) is 2.37. The van der Waals surface area contributed by atoms with Gasteiger partial charge in [0.15, 0.2) is 0 Å². The quantitative estimate of drug-likeness (QED) is 0.688. The van der Waals surface area contributed by atoms with E-state index >= 15 is 0 Å². The van der Waals surface area contributed by atoms with Gasteiger partial charge in [-0.05, 0) is 20.3 Å². The third-order valence-electron chi connectivity index (χ3n) is 3.14. The minimum atomic E-state index is -0.383. The fourth-order valence-electron chi connectivity index (χ4n) is 2.37. The summed E-state index contributed by atoms with van der Waals surface area (Å²) in [6.45, 7) is 6.37. The van der Waals surface area contributed by atoms with Gasteiger partial charge in [-0.1, -0.05) is 13.3 Å². The van der Waals surface area contributed by atoms with Crippen molar-refractivity contribution in [2.75, 3.05) is 13.7 Å². The monoisotopic (exact) mass is 256 g/mol. The van der Waals surface area contributed by atoms with Crippen molar-refractivity contribution in [1.82, 2.24) is 10.2 Å². The first-order chi connectivity index (χ1) is 8.51. The standard InChI is InChI=1S/C13H24N2O3/c1-5-6-10(8-18-4)14-11-7-12(16)15(9(2)3)13(11)17/h9-11,14H,5-8H2,1-4H3. The van der Waals surface area contributed by atoms with Crippen molar-refractivity contribution in [2.45, 2.75) is 58.2 Å². The van der Waals surface area contributed by atoms with Crippen molar-refractivity contribution in [3.8, 4) is 0 Å². The first-order valence-electron chi connectivity index (χ1n) is 6.62. The Hall–Kier alpha value is -0.940. The van der Waals surface area contributed by atoms with Crippen LogP contribution < -0.4 is 5.32 Å². The fraction of sp³-hybridized carbons (Fsp3) is 0.846. The summed E-state index contributed by atoms with van der Waals surface area (Å²) < 4.78 is 5.13. The predicted molar refractivity (Wildman–Crippen MR) is 69.1 cm³/mol. The summed E-state index contributed by atoms with van der Waals surface area (Å²) in [6, 6.07) is -0.315. The van der Waals surface area contributed by atoms with Crippen molar-refractivity contribution in [2.24, 2.45) is 0 Å². The number of nitrogens with zero attached hydrogens (tertiary/aromatic N) is 1. The van der Waals surface area contributed by atoms with Crippen molar-refractivity contribution in [3.05, 3.63) is 0 Å². The van der Waals surface area contributed by atoms with Crippen molar-refractivity contribution >= 4 is 11.8 Å². The van der Waals surface area contributed by atoms with Crippen LogP contribution in [0.2, 0.25) is 0 Å². The molecule has 2 amide bonds. The number of carbonyl (C=O) groups is 2. The SMILES string of the molecule is CCCC(COC)NC1CC(=O)N(C(C)C)C1=O. The number of nitrogens with one attached hydrogen (secondary N) is 1. The van der Waals surface area contributed by atoms with Crippen molar-refractivity contribution < 1.29 is 14.3 Å². The molecule has 104 valence electrons. The molecule has 1 heterocycles. The number of carbonyl (C=O) groups excluding carboxylic acids is 2. The van der Waals surface area contributed by atoms with Crippen molar-refractivity contribution in [3.63, 3.8) is 0 Å². The van der Waals surface area contributed by atoms with E-state index in [4.69, 9.17) is 4.74 Å². The van der Waals surface area contributed by atoms with Crippen LogP contribution in [0.1, 0.15) is 40.0 Å². The van der Waals surface area contributed by atoms with Crippen LogP contribution in [-0.4, -0.2) is 48.6 Å². The van der Waals surface area contributed by atoms with Crippen molar-refractivity contribution in [1.29, 1.82) is 0 Å². The van der Waals surface area contributed by atoms with Gasteiger partial charge in [0.05, 0.1) is 19.1 Å². The van der Waals surface area contributed by atoms with Crippen LogP contribution >= 0.6 is 0 Å². The van der Waals surface area contributed by atoms with Gasteiger partial charge in [0.25, 0.3) is 0 Å². The minimum Gasteiger partial charge on any atom is -0.383 e. The van der Waals surface area contributed by atoms with Gasteiger partial charge in [0, 0.05) is 19.2 Å². The molecule has 1 N–H and O–H groups in total. The highest BCUT2D eigenvalue weighted by Gasteiger charge is 2.40. The van der Waals surface area contributed by atoms with Gasteiger partial charge >= 0.3 is 0 Å². The first-order valence-corrected chi connectivity index (χ1v) is 6.62. The molecule has 5 nitrogen and oxygen atoms in total. The Morgan fingerprint density at radius 3 is 2.56 bits per heavy atom. The molecule has 2 atom stereocenters. The Morgan fingerprint density at radius 2 is 2.11 bits per heavy atom. The van der Waals surface area contributed by atoms with Crippen LogP contribution in [0.15, 0.2) is 0 Å². The Balaban J connectivity index is 2.62. The molecule has 0 aromatic rings. The van der Waals surface area contributed by atoms with Gasteiger partial charge in [-0.15, -0.1) is 0 Å². The Labute approximate surface area is 109 Å². The molecule has 1 saturated heterocycles. The van der Waals surface area contributed by atoms with E-state index in [0.717, 1.165) is 12.8 Å². The smallest absolute Gasteiger partial charge is 0.247 e. The lowest BCUT2D eigenvalue weighted by molar-refractivity contribution is -0.140. The molecule has 1 aliphatic rings. The third kappa shape index (κ3) is 3.53. The Bertz CT molecular complexity index is 299. The molecule has 1 aliphatic heterocycles. The summed E-state index contributed by atoms with van der Waals surface area (Å²) in [5.74, 6) is -0.188. The van der Waals surface area contributed by atoms with Crippen LogP contribution in [0, 0.1) is 0 Å².